The highest BCUT2D eigenvalue weighted by Gasteiger charge is 2.14. The van der Waals surface area contributed by atoms with E-state index < -0.39 is 0 Å². The van der Waals surface area contributed by atoms with Crippen LogP contribution in [0.3, 0.4) is 0 Å². The molecule has 1 heterocycles. The highest BCUT2D eigenvalue weighted by Crippen LogP contribution is 2.30. The number of nitrogens with zero attached hydrogens (tertiary/aromatic N) is 2. The quantitative estimate of drug-likeness (QED) is 0.805. The largest absolute Gasteiger partial charge is 0.318 e. The number of hydrogen-bond acceptors (Lipinski definition) is 4. The molecule has 114 valence electrons. The maximum atomic E-state index is 4.82. The van der Waals surface area contributed by atoms with Gasteiger partial charge in [0.15, 0.2) is 5.13 Å². The van der Waals surface area contributed by atoms with E-state index in [2.05, 4.69) is 67.6 Å². The Balaban J connectivity index is 2.18. The molecule has 4 heteroatoms. The van der Waals surface area contributed by atoms with Crippen LogP contribution >= 0.6 is 11.3 Å². The molecule has 1 aromatic carbocycles. The fourth-order valence-electron chi connectivity index (χ4n) is 2.29. The fourth-order valence-corrected chi connectivity index (χ4v) is 3.29. The molecule has 1 atom stereocenters. The topological polar surface area (TPSA) is 28.2 Å². The summed E-state index contributed by atoms with van der Waals surface area (Å²) >= 11 is 1.72. The van der Waals surface area contributed by atoms with Crippen LogP contribution in [-0.4, -0.2) is 18.1 Å². The summed E-state index contributed by atoms with van der Waals surface area (Å²) < 4.78 is 0. The van der Waals surface area contributed by atoms with E-state index in [1.165, 1.54) is 11.3 Å². The van der Waals surface area contributed by atoms with Crippen LogP contribution in [0.4, 0.5) is 10.8 Å². The average Bonchev–Trinajstić information content (AvgIpc) is 2.95. The lowest BCUT2D eigenvalue weighted by Gasteiger charge is -2.20. The first-order valence-electron chi connectivity index (χ1n) is 7.68. The lowest BCUT2D eigenvalue weighted by atomic mass is 10.2. The summed E-state index contributed by atoms with van der Waals surface area (Å²) in [6.07, 6.45) is 1.14. The highest BCUT2D eigenvalue weighted by atomic mass is 32.1. The van der Waals surface area contributed by atoms with Gasteiger partial charge in [0.05, 0.1) is 5.69 Å². The summed E-state index contributed by atoms with van der Waals surface area (Å²) in [5.41, 5.74) is 3.63. The second-order valence-corrected chi connectivity index (χ2v) is 6.15. The molecule has 1 aromatic heterocycles. The molecule has 0 spiro atoms. The molecule has 0 bridgehead atoms. The molecule has 0 saturated heterocycles. The average molecular weight is 303 g/mol. The van der Waals surface area contributed by atoms with Crippen molar-refractivity contribution in [2.24, 2.45) is 0 Å². The minimum absolute atomic E-state index is 0.311. The normalized spacial score (nSPS) is 12.4. The molecule has 0 saturated carbocycles. The molecular weight excluding hydrogens is 278 g/mol. The first-order chi connectivity index (χ1) is 10.2. The number of nitrogens with one attached hydrogen (secondary N) is 1. The van der Waals surface area contributed by atoms with Crippen molar-refractivity contribution in [1.82, 2.24) is 10.3 Å². The standard InChI is InChI=1S/C17H25N3S/c1-5-10-18-14(4)16-12-21-17(19-16)20(6-2)15-9-7-8-13(3)11-15/h7-9,11-12,14,18H,5-6,10H2,1-4H3. The third-order valence-electron chi connectivity index (χ3n) is 3.51. The van der Waals surface area contributed by atoms with Crippen LogP contribution in [0.1, 0.15) is 44.5 Å². The fraction of sp³-hybridized carbons (Fsp3) is 0.471. The van der Waals surface area contributed by atoms with E-state index >= 15 is 0 Å². The number of hydrogen-bond donors (Lipinski definition) is 1. The first kappa shape index (κ1) is 16.0. The van der Waals surface area contributed by atoms with Gasteiger partial charge in [-0.3, -0.25) is 0 Å². The highest BCUT2D eigenvalue weighted by molar-refractivity contribution is 7.13. The lowest BCUT2D eigenvalue weighted by molar-refractivity contribution is 0.561. The molecular formula is C17H25N3S. The Labute approximate surface area is 132 Å². The maximum Gasteiger partial charge on any atom is 0.190 e. The third kappa shape index (κ3) is 4.05. The zero-order valence-corrected chi connectivity index (χ0v) is 14.2. The van der Waals surface area contributed by atoms with Gasteiger partial charge in [0.1, 0.15) is 0 Å². The lowest BCUT2D eigenvalue weighted by Crippen LogP contribution is -2.20. The van der Waals surface area contributed by atoms with Crippen LogP contribution in [0, 0.1) is 6.92 Å². The van der Waals surface area contributed by atoms with Crippen molar-refractivity contribution in [3.8, 4) is 0 Å². The summed E-state index contributed by atoms with van der Waals surface area (Å²) in [4.78, 5) is 7.09. The SMILES string of the molecule is CCCNC(C)c1csc(N(CC)c2cccc(C)c2)n1. The van der Waals surface area contributed by atoms with Crippen LogP contribution in [0.25, 0.3) is 0 Å². The first-order valence-corrected chi connectivity index (χ1v) is 8.56. The van der Waals surface area contributed by atoms with Crippen LogP contribution in [-0.2, 0) is 0 Å². The molecule has 0 aliphatic heterocycles. The van der Waals surface area contributed by atoms with Gasteiger partial charge in [0.2, 0.25) is 0 Å². The van der Waals surface area contributed by atoms with Crippen molar-refractivity contribution < 1.29 is 0 Å². The van der Waals surface area contributed by atoms with Gasteiger partial charge in [0.25, 0.3) is 0 Å². The number of benzene rings is 1. The minimum Gasteiger partial charge on any atom is -0.318 e. The molecule has 0 aliphatic rings. The Bertz CT molecular complexity index is 565. The Hall–Kier alpha value is -1.39. The monoisotopic (exact) mass is 303 g/mol. The second kappa shape index (κ2) is 7.57. The predicted molar refractivity (Wildman–Crippen MR) is 92.7 cm³/mol. The molecule has 0 fully saturated rings. The second-order valence-electron chi connectivity index (χ2n) is 5.31. The van der Waals surface area contributed by atoms with Gasteiger partial charge >= 0.3 is 0 Å². The molecule has 3 nitrogen and oxygen atoms in total. The molecule has 2 rings (SSSR count). The van der Waals surface area contributed by atoms with Crippen molar-refractivity contribution in [1.29, 1.82) is 0 Å². The van der Waals surface area contributed by atoms with Gasteiger partial charge in [-0.2, -0.15) is 0 Å². The Morgan fingerprint density at radius 3 is 2.81 bits per heavy atom. The van der Waals surface area contributed by atoms with Gasteiger partial charge < -0.3 is 10.2 Å². The van der Waals surface area contributed by atoms with Crippen molar-refractivity contribution in [3.05, 3.63) is 40.9 Å². The van der Waals surface area contributed by atoms with Gasteiger partial charge in [-0.1, -0.05) is 19.1 Å². The summed E-state index contributed by atoms with van der Waals surface area (Å²) in [6.45, 7) is 10.6. The number of rotatable bonds is 7. The Morgan fingerprint density at radius 1 is 1.33 bits per heavy atom. The molecule has 0 aliphatic carbocycles. The van der Waals surface area contributed by atoms with E-state index in [0.717, 1.165) is 30.3 Å². The third-order valence-corrected chi connectivity index (χ3v) is 4.40. The van der Waals surface area contributed by atoms with E-state index in [0.29, 0.717) is 6.04 Å². The van der Waals surface area contributed by atoms with Gasteiger partial charge in [-0.25, -0.2) is 4.98 Å². The van der Waals surface area contributed by atoms with Crippen molar-refractivity contribution >= 4 is 22.2 Å². The van der Waals surface area contributed by atoms with Crippen molar-refractivity contribution in [3.63, 3.8) is 0 Å². The molecule has 2 aromatic rings. The van der Waals surface area contributed by atoms with Gasteiger partial charge in [-0.05, 0) is 51.4 Å². The zero-order valence-electron chi connectivity index (χ0n) is 13.4. The van der Waals surface area contributed by atoms with E-state index in [9.17, 15) is 0 Å². The van der Waals surface area contributed by atoms with Crippen molar-refractivity contribution in [2.45, 2.75) is 40.2 Å². The van der Waals surface area contributed by atoms with Crippen LogP contribution in [0.15, 0.2) is 29.6 Å². The number of thiazole rings is 1. The van der Waals surface area contributed by atoms with Crippen molar-refractivity contribution in [2.75, 3.05) is 18.0 Å². The molecule has 0 radical (unpaired) electrons. The summed E-state index contributed by atoms with van der Waals surface area (Å²) in [7, 11) is 0. The molecule has 0 amide bonds. The van der Waals surface area contributed by atoms with Crippen LogP contribution < -0.4 is 10.2 Å². The minimum atomic E-state index is 0.311. The van der Waals surface area contributed by atoms with E-state index in [4.69, 9.17) is 4.98 Å². The van der Waals surface area contributed by atoms with E-state index in [1.807, 2.05) is 0 Å². The molecule has 21 heavy (non-hydrogen) atoms. The summed E-state index contributed by atoms with van der Waals surface area (Å²) in [6, 6.07) is 8.90. The summed E-state index contributed by atoms with van der Waals surface area (Å²) in [5, 5.41) is 6.73. The number of aryl methyl sites for hydroxylation is 1. The predicted octanol–water partition coefficient (Wildman–Crippen LogP) is 4.67. The molecule has 1 N–H and O–H groups in total. The zero-order chi connectivity index (χ0) is 15.2. The number of anilines is 2. The van der Waals surface area contributed by atoms with Crippen LogP contribution in [0.2, 0.25) is 0 Å². The smallest absolute Gasteiger partial charge is 0.190 e. The van der Waals surface area contributed by atoms with E-state index in [-0.39, 0.29) is 0 Å². The van der Waals surface area contributed by atoms with Crippen LogP contribution in [0.5, 0.6) is 0 Å². The van der Waals surface area contributed by atoms with E-state index in [1.54, 1.807) is 11.3 Å². The number of aromatic nitrogens is 1. The Kier molecular flexibility index (Phi) is 5.76. The maximum absolute atomic E-state index is 4.82. The van der Waals surface area contributed by atoms with Gasteiger partial charge in [-0.15, -0.1) is 11.3 Å². The summed E-state index contributed by atoms with van der Waals surface area (Å²) in [5.74, 6) is 0. The Morgan fingerprint density at radius 2 is 2.14 bits per heavy atom. The van der Waals surface area contributed by atoms with Gasteiger partial charge in [0, 0.05) is 23.7 Å². The molecule has 1 unspecified atom stereocenters.